The highest BCUT2D eigenvalue weighted by molar-refractivity contribution is 6.06. The van der Waals surface area contributed by atoms with E-state index >= 15 is 0 Å². The summed E-state index contributed by atoms with van der Waals surface area (Å²) < 4.78 is 12.7. The van der Waals surface area contributed by atoms with Crippen LogP contribution in [-0.4, -0.2) is 99.2 Å². The van der Waals surface area contributed by atoms with Crippen molar-refractivity contribution in [3.05, 3.63) is 65.5 Å². The summed E-state index contributed by atoms with van der Waals surface area (Å²) in [5.74, 6) is 1.18. The summed E-state index contributed by atoms with van der Waals surface area (Å²) in [6.07, 6.45) is 5.03. The van der Waals surface area contributed by atoms with Crippen molar-refractivity contribution in [1.29, 1.82) is 0 Å². The summed E-state index contributed by atoms with van der Waals surface area (Å²) in [7, 11) is 3.18. The lowest BCUT2D eigenvalue weighted by Crippen LogP contribution is -2.49. The maximum atomic E-state index is 14.1. The number of fused-ring (bicyclic) bond motifs is 3. The minimum atomic E-state index is -0.552. The van der Waals surface area contributed by atoms with Crippen LogP contribution in [0, 0.1) is 0 Å². The van der Waals surface area contributed by atoms with Crippen molar-refractivity contribution in [2.45, 2.75) is 97.4 Å². The van der Waals surface area contributed by atoms with Crippen LogP contribution >= 0.6 is 0 Å². The molecule has 1 aliphatic heterocycles. The number of carbonyl (C=O) groups excluding carboxylic acids is 3. The standard InChI is InChI=1S/C40H55N7O5/c1-7-8-14-33-43-36-37(31-12-9-10-13-32(31)42-38(36)41)47(33)22-11-21-46(26-29-17-15-28(16-18-29)25-35(49)51-6)34(48)27-45-23-19-30(20-24-45)44(5)39(50)52-40(2,3)4/h9-10,12-13,15-18,30H,7-8,11,14,19-27H2,1-6H3,(H2,41,42). The third-order valence-corrected chi connectivity index (χ3v) is 9.72. The molecule has 2 N–H and O–H groups in total. The van der Waals surface area contributed by atoms with Gasteiger partial charge in [0.05, 0.1) is 31.1 Å². The van der Waals surface area contributed by atoms with Gasteiger partial charge in [-0.15, -0.1) is 0 Å². The van der Waals surface area contributed by atoms with Gasteiger partial charge in [-0.3, -0.25) is 14.5 Å². The van der Waals surface area contributed by atoms with E-state index in [4.69, 9.17) is 20.2 Å². The molecule has 5 rings (SSSR count). The number of hydrogen-bond acceptors (Lipinski definition) is 9. The fraction of sp³-hybridized carbons (Fsp3) is 0.525. The number of ether oxygens (including phenoxy) is 2. The number of para-hydroxylation sites is 1. The molecule has 4 aromatic rings. The van der Waals surface area contributed by atoms with Crippen molar-refractivity contribution in [3.63, 3.8) is 0 Å². The number of amides is 2. The average molecular weight is 714 g/mol. The number of nitrogen functional groups attached to an aromatic ring is 1. The van der Waals surface area contributed by atoms with E-state index in [1.54, 1.807) is 11.9 Å². The number of carbonyl (C=O) groups is 3. The number of aryl methyl sites for hydroxylation is 2. The molecule has 2 amide bonds. The lowest BCUT2D eigenvalue weighted by Gasteiger charge is -2.37. The molecular formula is C40H55N7O5. The van der Waals surface area contributed by atoms with Crippen LogP contribution in [0.3, 0.4) is 0 Å². The SMILES string of the molecule is CCCCc1nc2c(N)nc3ccccc3c2n1CCCN(Cc1ccc(CC(=O)OC)cc1)C(=O)CN1CCC(N(C)C(=O)OC(C)(C)C)CC1. The molecule has 0 atom stereocenters. The summed E-state index contributed by atoms with van der Waals surface area (Å²) in [6, 6.07) is 15.9. The fourth-order valence-electron chi connectivity index (χ4n) is 6.84. The lowest BCUT2D eigenvalue weighted by molar-refractivity contribution is -0.139. The normalized spacial score (nSPS) is 14.1. The van der Waals surface area contributed by atoms with Gasteiger partial charge in [-0.05, 0) is 63.6 Å². The number of anilines is 1. The van der Waals surface area contributed by atoms with Gasteiger partial charge in [0.2, 0.25) is 5.91 Å². The van der Waals surface area contributed by atoms with E-state index in [-0.39, 0.29) is 30.4 Å². The number of rotatable bonds is 14. The molecule has 1 saturated heterocycles. The Morgan fingerprint density at radius 3 is 2.35 bits per heavy atom. The first kappa shape index (κ1) is 38.5. The van der Waals surface area contributed by atoms with Crippen LogP contribution in [0.4, 0.5) is 10.6 Å². The van der Waals surface area contributed by atoms with Crippen LogP contribution in [0.1, 0.15) is 76.8 Å². The summed E-state index contributed by atoms with van der Waals surface area (Å²) in [4.78, 5) is 54.0. The first-order valence-electron chi connectivity index (χ1n) is 18.5. The number of benzene rings is 2. The van der Waals surface area contributed by atoms with E-state index in [1.165, 1.54) is 7.11 Å². The first-order chi connectivity index (χ1) is 24.9. The molecule has 2 aromatic carbocycles. The van der Waals surface area contributed by atoms with Crippen LogP contribution in [0.2, 0.25) is 0 Å². The smallest absolute Gasteiger partial charge is 0.410 e. The lowest BCUT2D eigenvalue weighted by atomic mass is 10.0. The van der Waals surface area contributed by atoms with Crippen molar-refractivity contribution in [2.24, 2.45) is 0 Å². The molecule has 12 heteroatoms. The fourth-order valence-corrected chi connectivity index (χ4v) is 6.84. The molecule has 1 fully saturated rings. The first-order valence-corrected chi connectivity index (χ1v) is 18.5. The molecule has 1 aliphatic rings. The Morgan fingerprint density at radius 2 is 1.67 bits per heavy atom. The van der Waals surface area contributed by atoms with Crippen molar-refractivity contribution >= 4 is 45.7 Å². The van der Waals surface area contributed by atoms with E-state index in [2.05, 4.69) is 27.4 Å². The van der Waals surface area contributed by atoms with Crippen molar-refractivity contribution in [2.75, 3.05) is 46.1 Å². The molecule has 0 radical (unpaired) electrons. The highest BCUT2D eigenvalue weighted by Gasteiger charge is 2.30. The molecule has 0 saturated carbocycles. The second kappa shape index (κ2) is 17.2. The Bertz CT molecular complexity index is 1840. The number of unbranched alkanes of at least 4 members (excludes halogenated alkanes) is 1. The van der Waals surface area contributed by atoms with Crippen molar-refractivity contribution in [3.8, 4) is 0 Å². The van der Waals surface area contributed by atoms with Gasteiger partial charge in [0, 0.05) is 57.6 Å². The molecule has 2 aromatic heterocycles. The van der Waals surface area contributed by atoms with E-state index in [1.807, 2.05) is 68.1 Å². The molecule has 12 nitrogen and oxygen atoms in total. The van der Waals surface area contributed by atoms with Crippen molar-refractivity contribution in [1.82, 2.24) is 29.2 Å². The van der Waals surface area contributed by atoms with Gasteiger partial charge >= 0.3 is 12.1 Å². The molecule has 52 heavy (non-hydrogen) atoms. The predicted octanol–water partition coefficient (Wildman–Crippen LogP) is 5.98. The van der Waals surface area contributed by atoms with Crippen LogP contribution in [0.25, 0.3) is 21.9 Å². The zero-order chi connectivity index (χ0) is 37.4. The van der Waals surface area contributed by atoms with Gasteiger partial charge in [-0.25, -0.2) is 14.8 Å². The number of nitrogens with two attached hydrogens (primary N) is 1. The molecular weight excluding hydrogens is 658 g/mol. The molecule has 0 spiro atoms. The highest BCUT2D eigenvalue weighted by atomic mass is 16.6. The number of imidazole rings is 1. The van der Waals surface area contributed by atoms with Crippen LogP contribution < -0.4 is 5.73 Å². The zero-order valence-corrected chi connectivity index (χ0v) is 31.7. The Balaban J connectivity index is 1.31. The number of nitrogens with zero attached hydrogens (tertiary/aromatic N) is 6. The maximum absolute atomic E-state index is 14.1. The van der Waals surface area contributed by atoms with Gasteiger partial charge < -0.3 is 29.6 Å². The molecule has 0 bridgehead atoms. The summed E-state index contributed by atoms with van der Waals surface area (Å²) in [5.41, 5.74) is 10.3. The molecule has 0 aliphatic carbocycles. The minimum absolute atomic E-state index is 0.0539. The summed E-state index contributed by atoms with van der Waals surface area (Å²) >= 11 is 0. The minimum Gasteiger partial charge on any atom is -0.469 e. The number of aromatic nitrogens is 3. The second-order valence-corrected chi connectivity index (χ2v) is 14.8. The topological polar surface area (TPSA) is 136 Å². The van der Waals surface area contributed by atoms with E-state index < -0.39 is 5.60 Å². The third kappa shape index (κ3) is 9.78. The number of pyridine rings is 1. The van der Waals surface area contributed by atoms with E-state index in [9.17, 15) is 14.4 Å². The molecule has 280 valence electrons. The second-order valence-electron chi connectivity index (χ2n) is 14.8. The molecule has 3 heterocycles. The van der Waals surface area contributed by atoms with Gasteiger partial charge in [0.1, 0.15) is 16.9 Å². The zero-order valence-electron chi connectivity index (χ0n) is 31.7. The van der Waals surface area contributed by atoms with Gasteiger partial charge in [-0.2, -0.15) is 0 Å². The summed E-state index contributed by atoms with van der Waals surface area (Å²) in [6.45, 7) is 11.2. The Morgan fingerprint density at radius 1 is 0.981 bits per heavy atom. The van der Waals surface area contributed by atoms with Gasteiger partial charge in [-0.1, -0.05) is 55.8 Å². The Labute approximate surface area is 307 Å². The van der Waals surface area contributed by atoms with Crippen molar-refractivity contribution < 1.29 is 23.9 Å². The quantitative estimate of drug-likeness (QED) is 0.157. The maximum Gasteiger partial charge on any atom is 0.410 e. The number of hydrogen-bond donors (Lipinski definition) is 1. The monoisotopic (exact) mass is 713 g/mol. The third-order valence-electron chi connectivity index (χ3n) is 9.72. The van der Waals surface area contributed by atoms with Crippen LogP contribution in [0.15, 0.2) is 48.5 Å². The van der Waals surface area contributed by atoms with Crippen LogP contribution in [0.5, 0.6) is 0 Å². The predicted molar refractivity (Wildman–Crippen MR) is 204 cm³/mol. The van der Waals surface area contributed by atoms with E-state index in [0.717, 1.165) is 77.4 Å². The van der Waals surface area contributed by atoms with E-state index in [0.29, 0.717) is 45.1 Å². The highest BCUT2D eigenvalue weighted by Crippen LogP contribution is 2.30. The summed E-state index contributed by atoms with van der Waals surface area (Å²) in [5, 5.41) is 1.02. The molecule has 0 unspecified atom stereocenters. The Kier molecular flexibility index (Phi) is 12.7. The average Bonchev–Trinajstić information content (AvgIpc) is 3.49. The number of methoxy groups -OCH3 is 1. The Hall–Kier alpha value is -4.71. The number of esters is 1. The largest absolute Gasteiger partial charge is 0.469 e. The number of piperidine rings is 1. The van der Waals surface area contributed by atoms with Crippen LogP contribution in [-0.2, 0) is 45.0 Å². The number of likely N-dealkylation sites (tertiary alicyclic amines) is 1. The van der Waals surface area contributed by atoms with Gasteiger partial charge in [0.25, 0.3) is 0 Å². The van der Waals surface area contributed by atoms with Gasteiger partial charge in [0.15, 0.2) is 5.82 Å².